The third-order valence-corrected chi connectivity index (χ3v) is 4.78. The van der Waals surface area contributed by atoms with Gasteiger partial charge in [-0.2, -0.15) is 13.9 Å². The molecule has 2 aromatic rings. The molecule has 0 aliphatic carbocycles. The van der Waals surface area contributed by atoms with E-state index in [0.29, 0.717) is 23.1 Å². The number of aliphatic imine (C=N–C) groups is 1. The molecule has 2 N–H and O–H groups in total. The number of alkyl halides is 2. The summed E-state index contributed by atoms with van der Waals surface area (Å²) in [6, 6.07) is 4.61. The van der Waals surface area contributed by atoms with Gasteiger partial charge in [0.25, 0.3) is 0 Å². The summed E-state index contributed by atoms with van der Waals surface area (Å²) in [5.74, 6) is 0.654. The van der Waals surface area contributed by atoms with E-state index in [1.165, 1.54) is 17.7 Å². The summed E-state index contributed by atoms with van der Waals surface area (Å²) in [6.45, 7) is 5.97. The van der Waals surface area contributed by atoms with Crippen molar-refractivity contribution in [2.24, 2.45) is 12.0 Å². The van der Waals surface area contributed by atoms with Crippen molar-refractivity contribution in [2.75, 3.05) is 6.54 Å². The second-order valence-electron chi connectivity index (χ2n) is 6.85. The molecular formula is C20H28ClF2N5O. The van der Waals surface area contributed by atoms with Gasteiger partial charge in [0.1, 0.15) is 5.75 Å². The van der Waals surface area contributed by atoms with E-state index in [1.807, 2.05) is 32.5 Å². The fourth-order valence-electron chi connectivity index (χ4n) is 3.07. The van der Waals surface area contributed by atoms with Crippen LogP contribution in [0.15, 0.2) is 23.2 Å². The Kier molecular flexibility index (Phi) is 8.25. The van der Waals surface area contributed by atoms with Gasteiger partial charge < -0.3 is 15.4 Å². The van der Waals surface area contributed by atoms with Crippen LogP contribution in [0.25, 0.3) is 0 Å². The Labute approximate surface area is 175 Å². The number of ether oxygens (including phenoxy) is 1. The molecule has 0 aliphatic rings. The van der Waals surface area contributed by atoms with E-state index in [4.69, 9.17) is 11.6 Å². The van der Waals surface area contributed by atoms with Crippen LogP contribution in [0.1, 0.15) is 36.4 Å². The zero-order chi connectivity index (χ0) is 21.6. The van der Waals surface area contributed by atoms with E-state index in [2.05, 4.69) is 32.4 Å². The molecule has 9 heteroatoms. The van der Waals surface area contributed by atoms with Crippen LogP contribution in [0.4, 0.5) is 8.78 Å². The van der Waals surface area contributed by atoms with Crippen LogP contribution in [0.2, 0.25) is 5.02 Å². The van der Waals surface area contributed by atoms with Crippen molar-refractivity contribution in [1.82, 2.24) is 20.4 Å². The summed E-state index contributed by atoms with van der Waals surface area (Å²) in [6.07, 6.45) is 0.785. The molecule has 0 fully saturated rings. The van der Waals surface area contributed by atoms with Crippen LogP contribution < -0.4 is 15.4 Å². The lowest BCUT2D eigenvalue weighted by molar-refractivity contribution is -0.0504. The summed E-state index contributed by atoms with van der Waals surface area (Å²) in [5.41, 5.74) is 3.83. The predicted octanol–water partition coefficient (Wildman–Crippen LogP) is 3.98. The Balaban J connectivity index is 2.12. The van der Waals surface area contributed by atoms with Crippen molar-refractivity contribution in [3.63, 3.8) is 0 Å². The number of guanidine groups is 1. The highest BCUT2D eigenvalue weighted by atomic mass is 35.5. The normalized spacial score (nSPS) is 12.9. The SMILES string of the molecule is CCNC(=NCc1cc(Cl)ccc1OC(F)F)NC(C)Cc1c(C)nn(C)c1C. The van der Waals surface area contributed by atoms with E-state index in [1.54, 1.807) is 6.07 Å². The molecule has 0 spiro atoms. The number of rotatable bonds is 8. The van der Waals surface area contributed by atoms with Crippen molar-refractivity contribution >= 4 is 17.6 Å². The Morgan fingerprint density at radius 1 is 1.34 bits per heavy atom. The first-order valence-electron chi connectivity index (χ1n) is 9.48. The number of aryl methyl sites for hydroxylation is 2. The fourth-order valence-corrected chi connectivity index (χ4v) is 3.26. The summed E-state index contributed by atoms with van der Waals surface area (Å²) >= 11 is 6.01. The number of aromatic nitrogens is 2. The lowest BCUT2D eigenvalue weighted by atomic mass is 10.1. The van der Waals surface area contributed by atoms with Gasteiger partial charge in [-0.1, -0.05) is 11.6 Å². The van der Waals surface area contributed by atoms with Gasteiger partial charge in [0.15, 0.2) is 5.96 Å². The Morgan fingerprint density at radius 3 is 2.66 bits per heavy atom. The smallest absolute Gasteiger partial charge is 0.387 e. The summed E-state index contributed by atoms with van der Waals surface area (Å²) in [4.78, 5) is 4.51. The minimum atomic E-state index is -2.91. The first-order valence-corrected chi connectivity index (χ1v) is 9.86. The minimum absolute atomic E-state index is 0.0682. The number of nitrogens with one attached hydrogen (secondary N) is 2. The molecule has 0 saturated carbocycles. The highest BCUT2D eigenvalue weighted by molar-refractivity contribution is 6.30. The molecule has 1 aromatic carbocycles. The fraction of sp³-hybridized carbons (Fsp3) is 0.500. The highest BCUT2D eigenvalue weighted by Crippen LogP contribution is 2.25. The quantitative estimate of drug-likeness (QED) is 0.494. The number of nitrogens with zero attached hydrogens (tertiary/aromatic N) is 3. The van der Waals surface area contributed by atoms with Gasteiger partial charge in [0.05, 0.1) is 12.2 Å². The van der Waals surface area contributed by atoms with Crippen molar-refractivity contribution in [1.29, 1.82) is 0 Å². The van der Waals surface area contributed by atoms with E-state index >= 15 is 0 Å². The molecule has 160 valence electrons. The first-order chi connectivity index (χ1) is 13.7. The zero-order valence-electron chi connectivity index (χ0n) is 17.4. The molecule has 0 saturated heterocycles. The number of hydrogen-bond acceptors (Lipinski definition) is 3. The van der Waals surface area contributed by atoms with Crippen molar-refractivity contribution in [2.45, 2.75) is 53.3 Å². The van der Waals surface area contributed by atoms with Crippen LogP contribution in [0.3, 0.4) is 0 Å². The van der Waals surface area contributed by atoms with Gasteiger partial charge in [-0.05, 0) is 57.9 Å². The average Bonchev–Trinajstić information content (AvgIpc) is 2.87. The maximum Gasteiger partial charge on any atom is 0.387 e. The second-order valence-corrected chi connectivity index (χ2v) is 7.28. The molecule has 1 aromatic heterocycles. The van der Waals surface area contributed by atoms with Gasteiger partial charge in [-0.15, -0.1) is 0 Å². The van der Waals surface area contributed by atoms with E-state index in [-0.39, 0.29) is 18.3 Å². The van der Waals surface area contributed by atoms with Crippen molar-refractivity contribution in [3.8, 4) is 5.75 Å². The van der Waals surface area contributed by atoms with Crippen molar-refractivity contribution in [3.05, 3.63) is 45.7 Å². The monoisotopic (exact) mass is 427 g/mol. The van der Waals surface area contributed by atoms with Crippen LogP contribution in [0.5, 0.6) is 5.75 Å². The van der Waals surface area contributed by atoms with Gasteiger partial charge in [-0.25, -0.2) is 4.99 Å². The van der Waals surface area contributed by atoms with E-state index < -0.39 is 6.61 Å². The third-order valence-electron chi connectivity index (χ3n) is 4.54. The summed E-state index contributed by atoms with van der Waals surface area (Å²) in [7, 11) is 1.93. The van der Waals surface area contributed by atoms with Crippen LogP contribution in [0, 0.1) is 13.8 Å². The standard InChI is InChI=1S/C20H28ClF2N5O/c1-6-24-20(26-12(2)9-17-13(3)27-28(5)14(17)4)25-11-15-10-16(21)7-8-18(15)29-19(22)23/h7-8,10,12,19H,6,9,11H2,1-5H3,(H2,24,25,26). The number of benzene rings is 1. The first kappa shape index (κ1) is 22.9. The van der Waals surface area contributed by atoms with Gasteiger partial charge in [0, 0.05) is 35.9 Å². The lowest BCUT2D eigenvalue weighted by Gasteiger charge is -2.18. The molecule has 2 rings (SSSR count). The predicted molar refractivity (Wildman–Crippen MR) is 112 cm³/mol. The van der Waals surface area contributed by atoms with Gasteiger partial charge in [0.2, 0.25) is 0 Å². The molecule has 6 nitrogen and oxygen atoms in total. The molecular weight excluding hydrogens is 400 g/mol. The Morgan fingerprint density at radius 2 is 2.07 bits per heavy atom. The van der Waals surface area contributed by atoms with E-state index in [9.17, 15) is 8.78 Å². The number of hydrogen-bond donors (Lipinski definition) is 2. The Bertz CT molecular complexity index is 854. The van der Waals surface area contributed by atoms with Crippen LogP contribution >= 0.6 is 11.6 Å². The van der Waals surface area contributed by atoms with Crippen molar-refractivity contribution < 1.29 is 13.5 Å². The highest BCUT2D eigenvalue weighted by Gasteiger charge is 2.15. The maximum absolute atomic E-state index is 12.6. The summed E-state index contributed by atoms with van der Waals surface area (Å²) in [5, 5.41) is 11.4. The van der Waals surface area contributed by atoms with Crippen LogP contribution in [-0.4, -0.2) is 34.9 Å². The molecule has 0 radical (unpaired) electrons. The Hall–Kier alpha value is -2.35. The molecule has 1 unspecified atom stereocenters. The third kappa shape index (κ3) is 6.59. The average molecular weight is 428 g/mol. The van der Waals surface area contributed by atoms with Crippen LogP contribution in [-0.2, 0) is 20.0 Å². The maximum atomic E-state index is 12.6. The molecule has 0 bridgehead atoms. The molecule has 1 heterocycles. The molecule has 0 aliphatic heterocycles. The lowest BCUT2D eigenvalue weighted by Crippen LogP contribution is -2.43. The summed E-state index contributed by atoms with van der Waals surface area (Å²) < 4.78 is 31.7. The minimum Gasteiger partial charge on any atom is -0.434 e. The topological polar surface area (TPSA) is 63.5 Å². The zero-order valence-corrected chi connectivity index (χ0v) is 18.1. The molecule has 1 atom stereocenters. The second kappa shape index (κ2) is 10.4. The number of halogens is 3. The largest absolute Gasteiger partial charge is 0.434 e. The van der Waals surface area contributed by atoms with Gasteiger partial charge >= 0.3 is 6.61 Å². The molecule has 29 heavy (non-hydrogen) atoms. The van der Waals surface area contributed by atoms with E-state index in [0.717, 1.165) is 17.8 Å². The molecule has 0 amide bonds. The van der Waals surface area contributed by atoms with Gasteiger partial charge in [-0.3, -0.25) is 4.68 Å².